The molecule has 0 bridgehead atoms. The summed E-state index contributed by atoms with van der Waals surface area (Å²) in [4.78, 5) is 11.8. The van der Waals surface area contributed by atoms with Crippen LogP contribution in [0.25, 0.3) is 0 Å². The maximum absolute atomic E-state index is 13.1. The van der Waals surface area contributed by atoms with Gasteiger partial charge in [0.1, 0.15) is 17.1 Å². The lowest BCUT2D eigenvalue weighted by atomic mass is 10.1. The first kappa shape index (κ1) is 17.7. The van der Waals surface area contributed by atoms with Crippen molar-refractivity contribution in [3.63, 3.8) is 0 Å². The number of carbonyl (C=O) groups excluding carboxylic acids is 1. The van der Waals surface area contributed by atoms with Crippen LogP contribution in [0.4, 0.5) is 4.39 Å². The number of carbonyl (C=O) groups is 1. The van der Waals surface area contributed by atoms with Gasteiger partial charge >= 0.3 is 13.5 Å². The maximum atomic E-state index is 13.1. The number of nitrogens with one attached hydrogen (secondary N) is 1. The van der Waals surface area contributed by atoms with Crippen molar-refractivity contribution in [2.45, 2.75) is 33.2 Å². The van der Waals surface area contributed by atoms with Crippen molar-refractivity contribution in [2.75, 3.05) is 12.8 Å². The molecule has 0 heterocycles. The van der Waals surface area contributed by atoms with E-state index in [1.54, 1.807) is 27.7 Å². The molecule has 0 aliphatic carbocycles. The molecule has 0 radical (unpaired) electrons. The van der Waals surface area contributed by atoms with E-state index in [1.165, 1.54) is 18.2 Å². The normalized spacial score (nSPS) is 14.3. The van der Waals surface area contributed by atoms with Crippen molar-refractivity contribution in [3.8, 4) is 5.75 Å². The van der Waals surface area contributed by atoms with E-state index in [-0.39, 0.29) is 18.5 Å². The van der Waals surface area contributed by atoms with E-state index in [2.05, 4.69) is 5.09 Å². The highest BCUT2D eigenvalue weighted by Crippen LogP contribution is 2.44. The molecule has 118 valence electrons. The van der Waals surface area contributed by atoms with Crippen molar-refractivity contribution in [1.82, 2.24) is 5.09 Å². The number of hydrogen-bond donors (Lipinski definition) is 1. The number of benzene rings is 1. The number of esters is 1. The molecule has 0 aliphatic heterocycles. The van der Waals surface area contributed by atoms with E-state index in [1.807, 2.05) is 0 Å². The van der Waals surface area contributed by atoms with E-state index in [0.29, 0.717) is 0 Å². The van der Waals surface area contributed by atoms with Gasteiger partial charge in [-0.05, 0) is 32.9 Å². The predicted molar refractivity (Wildman–Crippen MR) is 79.0 cm³/mol. The smallest absolute Gasteiger partial charge is 0.326 e. The second kappa shape index (κ2) is 7.05. The molecule has 1 N–H and O–H groups in total. The number of hydrogen-bond acceptors (Lipinski definition) is 4. The summed E-state index contributed by atoms with van der Waals surface area (Å²) in [6.45, 7) is 6.69. The second-order valence-electron chi connectivity index (χ2n) is 5.00. The Balaban J connectivity index is 2.90. The van der Waals surface area contributed by atoms with Crippen molar-refractivity contribution in [2.24, 2.45) is 0 Å². The summed E-state index contributed by atoms with van der Waals surface area (Å²) in [5.74, 6) is -0.867. The fourth-order valence-corrected chi connectivity index (χ4v) is 3.37. The molecule has 0 fully saturated rings. The summed E-state index contributed by atoms with van der Waals surface area (Å²) in [6, 6.07) is 5.37. The van der Waals surface area contributed by atoms with E-state index >= 15 is 0 Å². The highest BCUT2D eigenvalue weighted by molar-refractivity contribution is 7.57. The van der Waals surface area contributed by atoms with Crippen LogP contribution in [-0.4, -0.2) is 24.3 Å². The van der Waals surface area contributed by atoms with Gasteiger partial charge in [-0.3, -0.25) is 9.36 Å². The van der Waals surface area contributed by atoms with Gasteiger partial charge in [0.25, 0.3) is 0 Å². The number of rotatable bonds is 7. The summed E-state index contributed by atoms with van der Waals surface area (Å²) in [6.07, 6.45) is 0.145. The Hall–Kier alpha value is -1.39. The highest BCUT2D eigenvalue weighted by Gasteiger charge is 2.37. The third-order valence-corrected chi connectivity index (χ3v) is 4.94. The van der Waals surface area contributed by atoms with E-state index in [9.17, 15) is 13.8 Å². The number of halogens is 1. The lowest BCUT2D eigenvalue weighted by Crippen LogP contribution is -2.47. The lowest BCUT2D eigenvalue weighted by molar-refractivity contribution is -0.149. The number of ether oxygens (including phenoxy) is 1. The van der Waals surface area contributed by atoms with Gasteiger partial charge in [-0.2, -0.15) is 0 Å². The summed E-state index contributed by atoms with van der Waals surface area (Å²) in [5, 5.41) is 2.71. The molecule has 0 saturated carbocycles. The van der Waals surface area contributed by atoms with Gasteiger partial charge in [0, 0.05) is 12.2 Å². The maximum Gasteiger partial charge on any atom is 0.326 e. The molecule has 1 atom stereocenters. The molecular formula is C14H21FNO4P. The Kier molecular flexibility index (Phi) is 5.93. The summed E-state index contributed by atoms with van der Waals surface area (Å²) >= 11 is 0. The molecule has 0 saturated heterocycles. The van der Waals surface area contributed by atoms with Gasteiger partial charge in [-0.25, -0.2) is 9.48 Å². The van der Waals surface area contributed by atoms with E-state index in [0.717, 1.165) is 6.07 Å². The van der Waals surface area contributed by atoms with Crippen LogP contribution >= 0.6 is 7.52 Å². The van der Waals surface area contributed by atoms with Gasteiger partial charge in [0.2, 0.25) is 0 Å². The molecule has 0 aliphatic rings. The fraction of sp³-hybridized carbons (Fsp3) is 0.500. The molecular weight excluding hydrogens is 296 g/mol. The molecule has 1 rings (SSSR count). The molecule has 1 aromatic rings. The van der Waals surface area contributed by atoms with Gasteiger partial charge in [-0.1, -0.05) is 13.0 Å². The Labute approximate surface area is 124 Å². The highest BCUT2D eigenvalue weighted by atomic mass is 31.2. The van der Waals surface area contributed by atoms with Gasteiger partial charge < -0.3 is 9.26 Å². The third-order valence-electron chi connectivity index (χ3n) is 2.70. The first-order valence-corrected chi connectivity index (χ1v) is 8.54. The lowest BCUT2D eigenvalue weighted by Gasteiger charge is -2.29. The van der Waals surface area contributed by atoms with Crippen LogP contribution in [0.15, 0.2) is 24.3 Å². The Morgan fingerprint density at radius 3 is 2.57 bits per heavy atom. The standard InChI is InChI=1S/C14H21FNO4P/c1-5-19-13(17)14(3,4)16-21(18,6-2)20-12-9-7-8-11(15)10-12/h7-10H,5-6H2,1-4H3,(H,16,18)/t21-/m0/s1. The summed E-state index contributed by atoms with van der Waals surface area (Å²) in [5.41, 5.74) is -1.17. The molecule has 7 heteroatoms. The molecule has 21 heavy (non-hydrogen) atoms. The SMILES string of the molecule is CCOC(=O)C(C)(C)N[P@](=O)(CC)Oc1cccc(F)c1. The zero-order chi connectivity index (χ0) is 16.1. The molecule has 0 amide bonds. The third kappa shape index (κ3) is 5.14. The molecule has 1 aromatic carbocycles. The Bertz CT molecular complexity index is 548. The van der Waals surface area contributed by atoms with Crippen LogP contribution in [0.5, 0.6) is 5.75 Å². The molecule has 0 spiro atoms. The average molecular weight is 317 g/mol. The van der Waals surface area contributed by atoms with Crippen LogP contribution in [0, 0.1) is 5.82 Å². The minimum absolute atomic E-state index is 0.145. The van der Waals surface area contributed by atoms with Crippen molar-refractivity contribution in [3.05, 3.63) is 30.1 Å². The monoisotopic (exact) mass is 317 g/mol. The largest absolute Gasteiger partial charge is 0.465 e. The second-order valence-corrected chi connectivity index (χ2v) is 7.38. The topological polar surface area (TPSA) is 64.6 Å². The van der Waals surface area contributed by atoms with Crippen LogP contribution < -0.4 is 9.61 Å². The van der Waals surface area contributed by atoms with Gasteiger partial charge in [0.05, 0.1) is 6.61 Å². The quantitative estimate of drug-likeness (QED) is 0.617. The fourth-order valence-electron chi connectivity index (χ4n) is 1.64. The van der Waals surface area contributed by atoms with Crippen molar-refractivity contribution in [1.29, 1.82) is 0 Å². The minimum atomic E-state index is -3.36. The first-order valence-electron chi connectivity index (χ1n) is 6.73. The summed E-state index contributed by atoms with van der Waals surface area (Å²) in [7, 11) is -3.36. The van der Waals surface area contributed by atoms with E-state index < -0.39 is 24.8 Å². The van der Waals surface area contributed by atoms with E-state index in [4.69, 9.17) is 9.26 Å². The van der Waals surface area contributed by atoms with Crippen LogP contribution in [0.2, 0.25) is 0 Å². The van der Waals surface area contributed by atoms with Crippen molar-refractivity contribution < 1.29 is 23.0 Å². The van der Waals surface area contributed by atoms with Gasteiger partial charge in [-0.15, -0.1) is 0 Å². The minimum Gasteiger partial charge on any atom is -0.465 e. The average Bonchev–Trinajstić information content (AvgIpc) is 2.38. The molecule has 5 nitrogen and oxygen atoms in total. The zero-order valence-corrected chi connectivity index (χ0v) is 13.6. The Morgan fingerprint density at radius 2 is 2.05 bits per heavy atom. The van der Waals surface area contributed by atoms with Crippen LogP contribution in [0.3, 0.4) is 0 Å². The van der Waals surface area contributed by atoms with Crippen molar-refractivity contribution >= 4 is 13.5 Å². The molecule has 0 aromatic heterocycles. The van der Waals surface area contributed by atoms with Crippen LogP contribution in [-0.2, 0) is 14.1 Å². The molecule has 0 unspecified atom stereocenters. The Morgan fingerprint density at radius 1 is 1.38 bits per heavy atom. The first-order chi connectivity index (χ1) is 9.72. The summed E-state index contributed by atoms with van der Waals surface area (Å²) < 4.78 is 36.2. The van der Waals surface area contributed by atoms with Gasteiger partial charge in [0.15, 0.2) is 0 Å². The van der Waals surface area contributed by atoms with Crippen LogP contribution in [0.1, 0.15) is 27.7 Å². The zero-order valence-electron chi connectivity index (χ0n) is 12.7. The predicted octanol–water partition coefficient (Wildman–Crippen LogP) is 3.35.